The summed E-state index contributed by atoms with van der Waals surface area (Å²) < 4.78 is 2.78. The molecule has 3 heterocycles. The third kappa shape index (κ3) is 2.09. The van der Waals surface area contributed by atoms with E-state index in [1.54, 1.807) is 11.3 Å². The summed E-state index contributed by atoms with van der Waals surface area (Å²) >= 11 is 7.20. The molecule has 0 radical (unpaired) electrons. The largest absolute Gasteiger partial charge is 0.329 e. The minimum absolute atomic E-state index is 0.137. The van der Waals surface area contributed by atoms with Gasteiger partial charge in [-0.2, -0.15) is 0 Å². The van der Waals surface area contributed by atoms with E-state index in [0.717, 1.165) is 27.4 Å². The lowest BCUT2D eigenvalue weighted by Gasteiger charge is -2.13. The Labute approximate surface area is 126 Å². The van der Waals surface area contributed by atoms with E-state index < -0.39 is 0 Å². The summed E-state index contributed by atoms with van der Waals surface area (Å²) in [6.45, 7) is 8.25. The summed E-state index contributed by atoms with van der Waals surface area (Å²) in [6, 6.07) is 2.21. The zero-order valence-electron chi connectivity index (χ0n) is 11.9. The van der Waals surface area contributed by atoms with Crippen LogP contribution in [0.3, 0.4) is 0 Å². The lowest BCUT2D eigenvalue weighted by molar-refractivity contribution is 0.650. The zero-order valence-corrected chi connectivity index (χ0v) is 13.5. The van der Waals surface area contributed by atoms with Gasteiger partial charge in [0.15, 0.2) is 10.4 Å². The fourth-order valence-corrected chi connectivity index (χ4v) is 3.85. The van der Waals surface area contributed by atoms with Gasteiger partial charge in [-0.05, 0) is 51.5 Å². The second kappa shape index (κ2) is 4.79. The van der Waals surface area contributed by atoms with Crippen molar-refractivity contribution < 1.29 is 0 Å². The second-order valence-corrected chi connectivity index (χ2v) is 6.66. The van der Waals surface area contributed by atoms with Crippen molar-refractivity contribution in [2.45, 2.75) is 33.7 Å². The molecular weight excluding hydrogens is 288 g/mol. The van der Waals surface area contributed by atoms with Crippen LogP contribution in [-0.4, -0.2) is 19.5 Å². The highest BCUT2D eigenvalue weighted by Crippen LogP contribution is 2.30. The van der Waals surface area contributed by atoms with E-state index in [1.165, 1.54) is 4.88 Å². The van der Waals surface area contributed by atoms with Gasteiger partial charge in [-0.1, -0.05) is 0 Å². The van der Waals surface area contributed by atoms with Crippen LogP contribution >= 0.6 is 23.6 Å². The standard InChI is InChI=1S/C14H16N4S2/c1-7-5-11-13(15-6-7)18(14(19)17-11)9(3)12-8(2)16-10(4)20-12/h5-6,9H,1-4H3,(H,17,19). The molecule has 1 atom stereocenters. The number of fused-ring (bicyclic) bond motifs is 1. The molecule has 0 aliphatic rings. The van der Waals surface area contributed by atoms with E-state index in [9.17, 15) is 0 Å². The molecule has 3 aromatic heterocycles. The number of hydrogen-bond acceptors (Lipinski definition) is 4. The smallest absolute Gasteiger partial charge is 0.179 e. The fraction of sp³-hybridized carbons (Fsp3) is 0.357. The molecule has 0 spiro atoms. The number of H-pyrrole nitrogens is 1. The number of aromatic amines is 1. The quantitative estimate of drug-likeness (QED) is 0.725. The van der Waals surface area contributed by atoms with E-state index in [1.807, 2.05) is 27.0 Å². The Morgan fingerprint density at radius 1 is 1.35 bits per heavy atom. The lowest BCUT2D eigenvalue weighted by atomic mass is 10.2. The molecule has 0 aliphatic carbocycles. The van der Waals surface area contributed by atoms with Gasteiger partial charge in [0.1, 0.15) is 0 Å². The maximum absolute atomic E-state index is 5.47. The first kappa shape index (κ1) is 13.5. The van der Waals surface area contributed by atoms with E-state index >= 15 is 0 Å². The molecule has 0 aliphatic heterocycles. The molecule has 1 unspecified atom stereocenters. The summed E-state index contributed by atoms with van der Waals surface area (Å²) in [4.78, 5) is 13.5. The van der Waals surface area contributed by atoms with Crippen molar-refractivity contribution >= 4 is 34.7 Å². The highest BCUT2D eigenvalue weighted by atomic mass is 32.1. The van der Waals surface area contributed by atoms with Crippen LogP contribution in [0.5, 0.6) is 0 Å². The summed E-state index contributed by atoms with van der Waals surface area (Å²) in [7, 11) is 0. The predicted molar refractivity (Wildman–Crippen MR) is 85.1 cm³/mol. The lowest BCUT2D eigenvalue weighted by Crippen LogP contribution is -2.07. The fourth-order valence-electron chi connectivity index (χ4n) is 2.53. The Morgan fingerprint density at radius 3 is 2.75 bits per heavy atom. The van der Waals surface area contributed by atoms with Crippen LogP contribution in [0.25, 0.3) is 11.2 Å². The maximum atomic E-state index is 5.47. The number of aryl methyl sites for hydroxylation is 3. The third-order valence-corrected chi connectivity index (χ3v) is 4.94. The van der Waals surface area contributed by atoms with Gasteiger partial charge in [0.2, 0.25) is 0 Å². The Hall–Kier alpha value is -1.53. The third-order valence-electron chi connectivity index (χ3n) is 3.40. The highest BCUT2D eigenvalue weighted by Gasteiger charge is 2.18. The molecule has 20 heavy (non-hydrogen) atoms. The molecule has 0 bridgehead atoms. The number of pyridine rings is 1. The summed E-state index contributed by atoms with van der Waals surface area (Å²) in [5.74, 6) is 0. The molecule has 0 saturated carbocycles. The molecule has 0 saturated heterocycles. The Bertz CT molecular complexity index is 841. The van der Waals surface area contributed by atoms with Crippen LogP contribution in [0.4, 0.5) is 0 Å². The molecular formula is C14H16N4S2. The molecule has 0 fully saturated rings. The van der Waals surface area contributed by atoms with Gasteiger partial charge in [0, 0.05) is 6.20 Å². The van der Waals surface area contributed by atoms with Crippen LogP contribution in [-0.2, 0) is 0 Å². The first-order valence-corrected chi connectivity index (χ1v) is 7.70. The van der Waals surface area contributed by atoms with E-state index in [2.05, 4.69) is 32.5 Å². The molecule has 0 amide bonds. The summed E-state index contributed by atoms with van der Waals surface area (Å²) in [5.41, 5.74) is 4.08. The number of nitrogens with one attached hydrogen (secondary N) is 1. The monoisotopic (exact) mass is 304 g/mol. The van der Waals surface area contributed by atoms with Crippen LogP contribution < -0.4 is 0 Å². The van der Waals surface area contributed by atoms with Crippen molar-refractivity contribution in [2.24, 2.45) is 0 Å². The van der Waals surface area contributed by atoms with E-state index in [-0.39, 0.29) is 6.04 Å². The van der Waals surface area contributed by atoms with Crippen molar-refractivity contribution in [3.05, 3.63) is 38.2 Å². The second-order valence-electron chi connectivity index (χ2n) is 5.04. The number of thiazole rings is 1. The van der Waals surface area contributed by atoms with Crippen molar-refractivity contribution in [2.75, 3.05) is 0 Å². The molecule has 0 aromatic carbocycles. The van der Waals surface area contributed by atoms with Crippen LogP contribution in [0.15, 0.2) is 12.3 Å². The minimum Gasteiger partial charge on any atom is -0.329 e. The van der Waals surface area contributed by atoms with Gasteiger partial charge >= 0.3 is 0 Å². The van der Waals surface area contributed by atoms with Crippen LogP contribution in [0.1, 0.15) is 34.1 Å². The minimum atomic E-state index is 0.137. The topological polar surface area (TPSA) is 46.5 Å². The average Bonchev–Trinajstić information content (AvgIpc) is 2.87. The van der Waals surface area contributed by atoms with E-state index in [0.29, 0.717) is 4.77 Å². The molecule has 3 aromatic rings. The van der Waals surface area contributed by atoms with E-state index in [4.69, 9.17) is 12.2 Å². The van der Waals surface area contributed by atoms with Crippen LogP contribution in [0, 0.1) is 25.5 Å². The van der Waals surface area contributed by atoms with Gasteiger partial charge in [-0.25, -0.2) is 9.97 Å². The normalized spacial score (nSPS) is 13.0. The number of hydrogen-bond donors (Lipinski definition) is 1. The van der Waals surface area contributed by atoms with Crippen molar-refractivity contribution in [3.8, 4) is 0 Å². The Kier molecular flexibility index (Phi) is 3.22. The predicted octanol–water partition coefficient (Wildman–Crippen LogP) is 4.08. The Balaban J connectivity index is 2.21. The van der Waals surface area contributed by atoms with Crippen molar-refractivity contribution in [3.63, 3.8) is 0 Å². The number of aromatic nitrogens is 4. The van der Waals surface area contributed by atoms with Crippen LogP contribution in [0.2, 0.25) is 0 Å². The van der Waals surface area contributed by atoms with Crippen molar-refractivity contribution in [1.29, 1.82) is 0 Å². The van der Waals surface area contributed by atoms with Gasteiger partial charge in [-0.3, -0.25) is 4.57 Å². The Morgan fingerprint density at radius 2 is 2.10 bits per heavy atom. The molecule has 4 nitrogen and oxygen atoms in total. The van der Waals surface area contributed by atoms with Gasteiger partial charge in [-0.15, -0.1) is 11.3 Å². The number of nitrogens with zero attached hydrogens (tertiary/aromatic N) is 3. The average molecular weight is 304 g/mol. The molecule has 1 N–H and O–H groups in total. The first-order valence-electron chi connectivity index (χ1n) is 6.48. The number of rotatable bonds is 2. The SMILES string of the molecule is Cc1cnc2c(c1)[nH]c(=S)n2C(C)c1sc(C)nc1C. The molecule has 3 rings (SSSR count). The van der Waals surface area contributed by atoms with Gasteiger partial charge in [0.25, 0.3) is 0 Å². The molecule has 6 heteroatoms. The highest BCUT2D eigenvalue weighted by molar-refractivity contribution is 7.71. The summed E-state index contributed by atoms with van der Waals surface area (Å²) in [6.07, 6.45) is 1.87. The van der Waals surface area contributed by atoms with Gasteiger partial charge < -0.3 is 4.98 Å². The number of imidazole rings is 1. The first-order chi connectivity index (χ1) is 9.47. The summed E-state index contributed by atoms with van der Waals surface area (Å²) in [5, 5.41) is 1.08. The van der Waals surface area contributed by atoms with Gasteiger partial charge in [0.05, 0.1) is 27.1 Å². The maximum Gasteiger partial charge on any atom is 0.179 e. The molecule has 104 valence electrons. The van der Waals surface area contributed by atoms with Crippen molar-refractivity contribution in [1.82, 2.24) is 19.5 Å². The zero-order chi connectivity index (χ0) is 14.4.